The first-order valence-electron chi connectivity index (χ1n) is 11.3. The van der Waals surface area contributed by atoms with E-state index in [-0.39, 0.29) is 24.7 Å². The minimum Gasteiger partial charge on any atom is -0.492 e. The predicted octanol–water partition coefficient (Wildman–Crippen LogP) is 2.22. The third-order valence-electron chi connectivity index (χ3n) is 5.84. The molecule has 9 heteroatoms. The van der Waals surface area contributed by atoms with Gasteiger partial charge < -0.3 is 15.0 Å². The van der Waals surface area contributed by atoms with E-state index in [1.165, 1.54) is 5.56 Å². The number of hydrogen-bond acceptors (Lipinski definition) is 6. The summed E-state index contributed by atoms with van der Waals surface area (Å²) < 4.78 is 7.43. The van der Waals surface area contributed by atoms with Gasteiger partial charge in [0.15, 0.2) is 11.5 Å². The van der Waals surface area contributed by atoms with Crippen LogP contribution in [0.2, 0.25) is 0 Å². The van der Waals surface area contributed by atoms with Crippen LogP contribution in [0.5, 0.6) is 5.75 Å². The van der Waals surface area contributed by atoms with E-state index in [1.54, 1.807) is 24.0 Å². The Bertz CT molecular complexity index is 1100. The molecule has 3 heterocycles. The first-order chi connectivity index (χ1) is 16.0. The molecule has 1 aliphatic heterocycles. The van der Waals surface area contributed by atoms with Crippen molar-refractivity contribution in [3.63, 3.8) is 0 Å². The van der Waals surface area contributed by atoms with Crippen LogP contribution < -0.4 is 10.1 Å². The van der Waals surface area contributed by atoms with E-state index in [2.05, 4.69) is 27.2 Å². The first-order valence-corrected chi connectivity index (χ1v) is 11.3. The topological polar surface area (TPSA) is 92.6 Å². The Morgan fingerprint density at radius 2 is 1.82 bits per heavy atom. The summed E-state index contributed by atoms with van der Waals surface area (Å²) in [6.07, 6.45) is 2.00. The Kier molecular flexibility index (Phi) is 7.19. The average molecular weight is 451 g/mol. The lowest BCUT2D eigenvalue weighted by Crippen LogP contribution is -2.49. The van der Waals surface area contributed by atoms with Gasteiger partial charge in [-0.15, -0.1) is 0 Å². The number of fused-ring (bicyclic) bond motifs is 1. The number of amides is 2. The quantitative estimate of drug-likeness (QED) is 0.566. The van der Waals surface area contributed by atoms with Crippen molar-refractivity contribution >= 4 is 28.7 Å². The number of benzene rings is 1. The van der Waals surface area contributed by atoms with Gasteiger partial charge in [0, 0.05) is 58.8 Å². The van der Waals surface area contributed by atoms with Crippen LogP contribution in [0.25, 0.3) is 11.0 Å². The number of nitrogens with one attached hydrogen (secondary N) is 1. The molecule has 0 unspecified atom stereocenters. The number of piperazine rings is 1. The zero-order valence-corrected chi connectivity index (χ0v) is 19.2. The maximum Gasteiger partial charge on any atom is 0.226 e. The molecule has 1 saturated heterocycles. The van der Waals surface area contributed by atoms with Gasteiger partial charge in [-0.05, 0) is 31.2 Å². The van der Waals surface area contributed by atoms with E-state index >= 15 is 0 Å². The Labute approximate surface area is 193 Å². The molecule has 1 N–H and O–H groups in total. The summed E-state index contributed by atoms with van der Waals surface area (Å²) >= 11 is 0. The number of rotatable bonds is 8. The third-order valence-corrected chi connectivity index (χ3v) is 5.84. The van der Waals surface area contributed by atoms with Crippen LogP contribution in [0.15, 0.2) is 42.6 Å². The fraction of sp³-hybridized carbons (Fsp3) is 0.417. The van der Waals surface area contributed by atoms with E-state index < -0.39 is 0 Å². The summed E-state index contributed by atoms with van der Waals surface area (Å²) in [5.41, 5.74) is 1.91. The van der Waals surface area contributed by atoms with Gasteiger partial charge in [0.1, 0.15) is 12.4 Å². The molecule has 0 spiro atoms. The molecule has 0 saturated carbocycles. The Balaban J connectivity index is 1.16. The van der Waals surface area contributed by atoms with Gasteiger partial charge in [-0.25, -0.2) is 9.67 Å². The molecular weight excluding hydrogens is 420 g/mol. The first kappa shape index (κ1) is 22.7. The number of carbonyl (C=O) groups is 2. The van der Waals surface area contributed by atoms with Crippen molar-refractivity contribution < 1.29 is 14.3 Å². The van der Waals surface area contributed by atoms with Crippen LogP contribution in [-0.2, 0) is 16.6 Å². The maximum absolute atomic E-state index is 12.6. The van der Waals surface area contributed by atoms with Gasteiger partial charge in [-0.3, -0.25) is 14.5 Å². The smallest absolute Gasteiger partial charge is 0.226 e. The zero-order valence-electron chi connectivity index (χ0n) is 19.2. The average Bonchev–Trinajstić information content (AvgIpc) is 3.14. The van der Waals surface area contributed by atoms with Gasteiger partial charge in [-0.2, -0.15) is 5.10 Å². The Hall–Kier alpha value is -3.46. The van der Waals surface area contributed by atoms with E-state index in [9.17, 15) is 9.59 Å². The minimum atomic E-state index is -0.223. The molecule has 0 aliphatic carbocycles. The predicted molar refractivity (Wildman–Crippen MR) is 126 cm³/mol. The molecule has 174 valence electrons. The highest BCUT2D eigenvalue weighted by molar-refractivity contribution is 5.99. The standard InChI is InChI=1S/C24H30N6O3/c1-18-5-7-19(8-6-18)33-17-16-29-12-14-30(15-13-29)22(32)10-9-21(31)26-23-20-4-3-11-25-24(20)28(2)27-23/h3-8,11H,9-10,12-17H2,1-2H3,(H,26,27,31). The largest absolute Gasteiger partial charge is 0.492 e. The van der Waals surface area contributed by atoms with Crippen molar-refractivity contribution in [2.24, 2.45) is 7.05 Å². The number of carbonyl (C=O) groups excluding carboxylic acids is 2. The molecule has 33 heavy (non-hydrogen) atoms. The molecule has 0 radical (unpaired) electrons. The fourth-order valence-corrected chi connectivity index (χ4v) is 3.90. The lowest BCUT2D eigenvalue weighted by Gasteiger charge is -2.34. The molecular formula is C24H30N6O3. The highest BCUT2D eigenvalue weighted by Crippen LogP contribution is 2.20. The monoisotopic (exact) mass is 450 g/mol. The van der Waals surface area contributed by atoms with Crippen LogP contribution in [0, 0.1) is 6.92 Å². The zero-order chi connectivity index (χ0) is 23.2. The van der Waals surface area contributed by atoms with Crippen LogP contribution in [-0.4, -0.2) is 75.7 Å². The molecule has 1 fully saturated rings. The summed E-state index contributed by atoms with van der Waals surface area (Å²) in [7, 11) is 1.78. The number of hydrogen-bond donors (Lipinski definition) is 1. The van der Waals surface area contributed by atoms with Gasteiger partial charge in [-0.1, -0.05) is 17.7 Å². The molecule has 3 aromatic rings. The van der Waals surface area contributed by atoms with E-state index in [0.29, 0.717) is 31.2 Å². The second kappa shape index (κ2) is 10.4. The van der Waals surface area contributed by atoms with E-state index in [4.69, 9.17) is 4.74 Å². The number of aryl methyl sites for hydroxylation is 2. The van der Waals surface area contributed by atoms with Crippen molar-refractivity contribution in [3.8, 4) is 5.75 Å². The highest BCUT2D eigenvalue weighted by Gasteiger charge is 2.22. The summed E-state index contributed by atoms with van der Waals surface area (Å²) in [5, 5.41) is 7.90. The summed E-state index contributed by atoms with van der Waals surface area (Å²) in [6.45, 7) is 6.45. The van der Waals surface area contributed by atoms with Gasteiger partial charge in [0.05, 0.1) is 5.39 Å². The second-order valence-corrected chi connectivity index (χ2v) is 8.28. The molecule has 2 aromatic heterocycles. The normalized spacial score (nSPS) is 14.4. The number of ether oxygens (including phenoxy) is 1. The van der Waals surface area contributed by atoms with Crippen LogP contribution in [0.1, 0.15) is 18.4 Å². The van der Waals surface area contributed by atoms with Crippen molar-refractivity contribution in [2.75, 3.05) is 44.6 Å². The molecule has 9 nitrogen and oxygen atoms in total. The molecule has 0 atom stereocenters. The summed E-state index contributed by atoms with van der Waals surface area (Å²) in [5.74, 6) is 1.13. The van der Waals surface area contributed by atoms with Crippen LogP contribution >= 0.6 is 0 Å². The van der Waals surface area contributed by atoms with Crippen molar-refractivity contribution in [1.82, 2.24) is 24.6 Å². The van der Waals surface area contributed by atoms with Crippen molar-refractivity contribution in [1.29, 1.82) is 0 Å². The number of aromatic nitrogens is 3. The molecule has 1 aliphatic rings. The van der Waals surface area contributed by atoms with Gasteiger partial charge in [0.25, 0.3) is 0 Å². The Morgan fingerprint density at radius 1 is 1.06 bits per heavy atom. The van der Waals surface area contributed by atoms with E-state index in [1.807, 2.05) is 35.2 Å². The SMILES string of the molecule is Cc1ccc(OCCN2CCN(C(=O)CCC(=O)Nc3nn(C)c4ncccc34)CC2)cc1. The number of pyridine rings is 1. The lowest BCUT2D eigenvalue weighted by molar-refractivity contribution is -0.134. The fourth-order valence-electron chi connectivity index (χ4n) is 3.90. The molecule has 0 bridgehead atoms. The molecule has 1 aromatic carbocycles. The maximum atomic E-state index is 12.6. The summed E-state index contributed by atoms with van der Waals surface area (Å²) in [6, 6.07) is 11.7. The summed E-state index contributed by atoms with van der Waals surface area (Å²) in [4.78, 5) is 33.4. The minimum absolute atomic E-state index is 0.00764. The second-order valence-electron chi connectivity index (χ2n) is 8.28. The Morgan fingerprint density at radius 3 is 2.58 bits per heavy atom. The highest BCUT2D eigenvalue weighted by atomic mass is 16.5. The van der Waals surface area contributed by atoms with Crippen LogP contribution in [0.4, 0.5) is 5.82 Å². The van der Waals surface area contributed by atoms with Gasteiger partial charge >= 0.3 is 0 Å². The molecule has 4 rings (SSSR count). The lowest BCUT2D eigenvalue weighted by atomic mass is 10.2. The third kappa shape index (κ3) is 5.87. The van der Waals surface area contributed by atoms with Crippen LogP contribution in [0.3, 0.4) is 0 Å². The van der Waals surface area contributed by atoms with Crippen molar-refractivity contribution in [2.45, 2.75) is 19.8 Å². The van der Waals surface area contributed by atoms with E-state index in [0.717, 1.165) is 30.8 Å². The molecule has 2 amide bonds. The van der Waals surface area contributed by atoms with Crippen molar-refractivity contribution in [3.05, 3.63) is 48.2 Å². The number of nitrogens with zero attached hydrogens (tertiary/aromatic N) is 5. The number of anilines is 1. The van der Waals surface area contributed by atoms with Gasteiger partial charge in [0.2, 0.25) is 11.8 Å².